The Bertz CT molecular complexity index is 788. The van der Waals surface area contributed by atoms with Gasteiger partial charge in [-0.25, -0.2) is 8.42 Å². The van der Waals surface area contributed by atoms with Crippen LogP contribution in [0.5, 0.6) is 5.75 Å². The predicted molar refractivity (Wildman–Crippen MR) is 76.6 cm³/mol. The smallest absolute Gasteiger partial charge is 0.387 e. The SMILES string of the molecule is Cc1ccc(OC(F)F)c(NS(=O)(=O)c2cnn(C)c2C)c1. The van der Waals surface area contributed by atoms with Crippen molar-refractivity contribution in [2.45, 2.75) is 25.4 Å². The third-order valence-corrected chi connectivity index (χ3v) is 4.54. The average Bonchev–Trinajstić information content (AvgIpc) is 2.73. The second-order valence-electron chi connectivity index (χ2n) is 4.70. The summed E-state index contributed by atoms with van der Waals surface area (Å²) in [4.78, 5) is -0.0282. The lowest BCUT2D eigenvalue weighted by atomic mass is 10.2. The van der Waals surface area contributed by atoms with Crippen LogP contribution in [-0.2, 0) is 17.1 Å². The zero-order valence-corrected chi connectivity index (χ0v) is 13.0. The maximum Gasteiger partial charge on any atom is 0.387 e. The molecule has 0 aliphatic rings. The van der Waals surface area contributed by atoms with E-state index >= 15 is 0 Å². The van der Waals surface area contributed by atoms with Crippen molar-refractivity contribution in [3.8, 4) is 5.75 Å². The number of aryl methyl sites for hydroxylation is 2. The van der Waals surface area contributed by atoms with Gasteiger partial charge < -0.3 is 4.74 Å². The normalized spacial score (nSPS) is 11.7. The van der Waals surface area contributed by atoms with Crippen LogP contribution >= 0.6 is 0 Å². The second kappa shape index (κ2) is 5.91. The number of ether oxygens (including phenoxy) is 1. The summed E-state index contributed by atoms with van der Waals surface area (Å²) in [6.07, 6.45) is 1.20. The molecule has 120 valence electrons. The summed E-state index contributed by atoms with van der Waals surface area (Å²) in [6, 6.07) is 4.25. The lowest BCUT2D eigenvalue weighted by molar-refractivity contribution is -0.0493. The molecule has 1 N–H and O–H groups in total. The Kier molecular flexibility index (Phi) is 4.36. The summed E-state index contributed by atoms with van der Waals surface area (Å²) in [7, 11) is -2.35. The highest BCUT2D eigenvalue weighted by atomic mass is 32.2. The van der Waals surface area contributed by atoms with E-state index in [4.69, 9.17) is 0 Å². The van der Waals surface area contributed by atoms with E-state index in [1.54, 1.807) is 27.0 Å². The molecular weight excluding hydrogens is 316 g/mol. The Morgan fingerprint density at radius 2 is 2.00 bits per heavy atom. The Morgan fingerprint density at radius 1 is 1.32 bits per heavy atom. The molecule has 0 atom stereocenters. The predicted octanol–water partition coefficient (Wildman–Crippen LogP) is 2.44. The molecule has 0 spiro atoms. The number of benzene rings is 1. The van der Waals surface area contributed by atoms with Crippen molar-refractivity contribution in [3.63, 3.8) is 0 Å². The lowest BCUT2D eigenvalue weighted by Crippen LogP contribution is -2.15. The fourth-order valence-electron chi connectivity index (χ4n) is 1.86. The van der Waals surface area contributed by atoms with Gasteiger partial charge >= 0.3 is 6.61 Å². The molecule has 6 nitrogen and oxygen atoms in total. The minimum atomic E-state index is -3.96. The maximum atomic E-state index is 12.4. The average molecular weight is 331 g/mol. The summed E-state index contributed by atoms with van der Waals surface area (Å²) in [5.74, 6) is -0.245. The first kappa shape index (κ1) is 16.2. The Labute approximate surface area is 126 Å². The molecule has 0 aliphatic carbocycles. The Morgan fingerprint density at radius 3 is 2.55 bits per heavy atom. The summed E-state index contributed by atoms with van der Waals surface area (Å²) in [5.41, 5.74) is 1.07. The van der Waals surface area contributed by atoms with Gasteiger partial charge in [0.15, 0.2) is 0 Å². The first-order chi connectivity index (χ1) is 10.2. The molecule has 22 heavy (non-hydrogen) atoms. The highest BCUT2D eigenvalue weighted by molar-refractivity contribution is 7.92. The highest BCUT2D eigenvalue weighted by Gasteiger charge is 2.22. The van der Waals surface area contributed by atoms with Gasteiger partial charge in [0.05, 0.1) is 17.6 Å². The first-order valence-electron chi connectivity index (χ1n) is 6.27. The van der Waals surface area contributed by atoms with E-state index in [0.717, 1.165) is 0 Å². The topological polar surface area (TPSA) is 73.2 Å². The number of aromatic nitrogens is 2. The molecule has 2 aromatic rings. The van der Waals surface area contributed by atoms with Gasteiger partial charge in [0.1, 0.15) is 10.6 Å². The fraction of sp³-hybridized carbons (Fsp3) is 0.308. The zero-order valence-electron chi connectivity index (χ0n) is 12.2. The number of hydrogen-bond donors (Lipinski definition) is 1. The van der Waals surface area contributed by atoms with Crippen molar-refractivity contribution in [2.24, 2.45) is 7.05 Å². The number of anilines is 1. The number of rotatable bonds is 5. The molecular formula is C13H15F2N3O3S. The van der Waals surface area contributed by atoms with Crippen LogP contribution in [0.1, 0.15) is 11.3 Å². The van der Waals surface area contributed by atoms with Crippen LogP contribution in [0.25, 0.3) is 0 Å². The number of sulfonamides is 1. The van der Waals surface area contributed by atoms with Gasteiger partial charge in [-0.05, 0) is 31.5 Å². The molecule has 1 aromatic heterocycles. The first-order valence-corrected chi connectivity index (χ1v) is 7.76. The third-order valence-electron chi connectivity index (χ3n) is 3.08. The minimum Gasteiger partial charge on any atom is -0.433 e. The van der Waals surface area contributed by atoms with Crippen LogP contribution in [-0.4, -0.2) is 24.8 Å². The fourth-order valence-corrected chi connectivity index (χ4v) is 3.13. The van der Waals surface area contributed by atoms with E-state index < -0.39 is 16.6 Å². The molecule has 0 unspecified atom stereocenters. The van der Waals surface area contributed by atoms with E-state index in [0.29, 0.717) is 11.3 Å². The molecule has 0 saturated heterocycles. The molecule has 0 radical (unpaired) electrons. The summed E-state index contributed by atoms with van der Waals surface area (Å²) in [6.45, 7) is 0.249. The molecule has 9 heteroatoms. The van der Waals surface area contributed by atoms with Crippen molar-refractivity contribution in [1.82, 2.24) is 9.78 Å². The molecule has 2 rings (SSSR count). The standard InChI is InChI=1S/C13H15F2N3O3S/c1-8-4-5-11(21-13(14)15)10(6-8)17-22(19,20)12-7-16-18(3)9(12)2/h4-7,13,17H,1-3H3. The Hall–Kier alpha value is -2.16. The molecule has 0 saturated carbocycles. The van der Waals surface area contributed by atoms with Crippen molar-refractivity contribution in [2.75, 3.05) is 4.72 Å². The summed E-state index contributed by atoms with van der Waals surface area (Å²) in [5, 5.41) is 3.86. The molecule has 0 bridgehead atoms. The van der Waals surface area contributed by atoms with E-state index in [1.807, 2.05) is 0 Å². The van der Waals surface area contributed by atoms with E-state index in [1.165, 1.54) is 23.0 Å². The Balaban J connectivity index is 2.41. The number of nitrogens with zero attached hydrogens (tertiary/aromatic N) is 2. The highest BCUT2D eigenvalue weighted by Crippen LogP contribution is 2.29. The quantitative estimate of drug-likeness (QED) is 0.913. The van der Waals surface area contributed by atoms with Crippen molar-refractivity contribution >= 4 is 15.7 Å². The van der Waals surface area contributed by atoms with Crippen LogP contribution in [0.3, 0.4) is 0 Å². The van der Waals surface area contributed by atoms with Gasteiger partial charge in [-0.2, -0.15) is 13.9 Å². The number of nitrogens with one attached hydrogen (secondary N) is 1. The van der Waals surface area contributed by atoms with Gasteiger partial charge in [0, 0.05) is 7.05 Å². The summed E-state index contributed by atoms with van der Waals surface area (Å²) < 4.78 is 57.6. The van der Waals surface area contributed by atoms with Gasteiger partial charge in [0.25, 0.3) is 10.0 Å². The molecule has 1 aromatic carbocycles. The number of halogens is 2. The zero-order chi connectivity index (χ0) is 16.5. The number of alkyl halides is 2. The van der Waals surface area contributed by atoms with E-state index in [9.17, 15) is 17.2 Å². The second-order valence-corrected chi connectivity index (χ2v) is 6.35. The molecule has 0 amide bonds. The molecule has 0 aliphatic heterocycles. The van der Waals surface area contributed by atoms with Crippen molar-refractivity contribution in [1.29, 1.82) is 0 Å². The molecule has 1 heterocycles. The van der Waals surface area contributed by atoms with Gasteiger partial charge in [-0.3, -0.25) is 9.40 Å². The van der Waals surface area contributed by atoms with E-state index in [2.05, 4.69) is 14.6 Å². The van der Waals surface area contributed by atoms with Gasteiger partial charge in [-0.1, -0.05) is 6.07 Å². The van der Waals surface area contributed by atoms with Crippen LogP contribution in [0, 0.1) is 13.8 Å². The van der Waals surface area contributed by atoms with Crippen molar-refractivity contribution < 1.29 is 21.9 Å². The molecule has 0 fully saturated rings. The monoisotopic (exact) mass is 331 g/mol. The number of hydrogen-bond acceptors (Lipinski definition) is 4. The lowest BCUT2D eigenvalue weighted by Gasteiger charge is -2.13. The third kappa shape index (κ3) is 3.35. The maximum absolute atomic E-state index is 12.4. The van der Waals surface area contributed by atoms with Crippen LogP contribution < -0.4 is 9.46 Å². The van der Waals surface area contributed by atoms with Crippen molar-refractivity contribution in [3.05, 3.63) is 35.7 Å². The van der Waals surface area contributed by atoms with Crippen LogP contribution in [0.2, 0.25) is 0 Å². The van der Waals surface area contributed by atoms with E-state index in [-0.39, 0.29) is 16.3 Å². The van der Waals surface area contributed by atoms with Crippen LogP contribution in [0.4, 0.5) is 14.5 Å². The largest absolute Gasteiger partial charge is 0.433 e. The summed E-state index contributed by atoms with van der Waals surface area (Å²) >= 11 is 0. The minimum absolute atomic E-state index is 0.0282. The van der Waals surface area contributed by atoms with Crippen LogP contribution in [0.15, 0.2) is 29.3 Å². The van der Waals surface area contributed by atoms with Gasteiger partial charge in [0.2, 0.25) is 0 Å². The van der Waals surface area contributed by atoms with Gasteiger partial charge in [-0.15, -0.1) is 0 Å².